The molecule has 106 valence electrons. The molecule has 0 aromatic carbocycles. The largest absolute Gasteiger partial charge is 0.481 e. The monoisotopic (exact) mass is 267 g/mol. The Balaban J connectivity index is 1.70. The third-order valence-corrected chi connectivity index (χ3v) is 4.41. The van der Waals surface area contributed by atoms with Crippen LogP contribution in [0.15, 0.2) is 12.7 Å². The Labute approximate surface area is 113 Å². The highest BCUT2D eigenvalue weighted by molar-refractivity contribution is 5.70. The molecule has 0 radical (unpaired) electrons. The molecule has 5 heteroatoms. The number of ether oxygens (including phenoxy) is 1. The van der Waals surface area contributed by atoms with E-state index >= 15 is 0 Å². The number of carboxylic acid groups (broad SMARTS) is 1. The Bertz CT molecular complexity index is 364. The summed E-state index contributed by atoms with van der Waals surface area (Å²) in [6, 6.07) is 0.179. The minimum Gasteiger partial charge on any atom is -0.481 e. The molecule has 2 fully saturated rings. The van der Waals surface area contributed by atoms with Crippen LogP contribution in [0, 0.1) is 11.3 Å². The van der Waals surface area contributed by atoms with Crippen LogP contribution in [0.2, 0.25) is 0 Å². The highest BCUT2D eigenvalue weighted by Crippen LogP contribution is 2.52. The number of hydrogen-bond acceptors (Lipinski definition) is 3. The lowest BCUT2D eigenvalue weighted by Crippen LogP contribution is -2.52. The van der Waals surface area contributed by atoms with Gasteiger partial charge in [-0.05, 0) is 43.9 Å². The van der Waals surface area contributed by atoms with Crippen molar-refractivity contribution in [3.05, 3.63) is 12.7 Å². The number of carboxylic acids is 1. The number of hydrogen-bond donors (Lipinski definition) is 2. The van der Waals surface area contributed by atoms with Crippen molar-refractivity contribution in [1.29, 1.82) is 0 Å². The third-order valence-electron chi connectivity index (χ3n) is 4.41. The molecule has 0 bridgehead atoms. The lowest BCUT2D eigenvalue weighted by atomic mass is 9.57. The molecule has 2 aliphatic rings. The second-order valence-electron chi connectivity index (χ2n) is 5.75. The maximum absolute atomic E-state index is 11.4. The van der Waals surface area contributed by atoms with Crippen molar-refractivity contribution in [3.63, 3.8) is 0 Å². The van der Waals surface area contributed by atoms with Gasteiger partial charge in [0.2, 0.25) is 0 Å². The number of rotatable bonds is 4. The second-order valence-corrected chi connectivity index (χ2v) is 5.75. The molecule has 2 N–H and O–H groups in total. The number of aliphatic carboxylic acids is 1. The van der Waals surface area contributed by atoms with Gasteiger partial charge in [-0.2, -0.15) is 0 Å². The predicted molar refractivity (Wildman–Crippen MR) is 69.7 cm³/mol. The van der Waals surface area contributed by atoms with Crippen molar-refractivity contribution in [1.82, 2.24) is 5.32 Å². The summed E-state index contributed by atoms with van der Waals surface area (Å²) in [5.41, 5.74) is 0.266. The smallest absolute Gasteiger partial charge is 0.407 e. The molecule has 0 aromatic rings. The van der Waals surface area contributed by atoms with Gasteiger partial charge in [0, 0.05) is 6.04 Å². The van der Waals surface area contributed by atoms with Gasteiger partial charge in [0.05, 0.1) is 5.92 Å². The van der Waals surface area contributed by atoms with Crippen LogP contribution < -0.4 is 5.32 Å². The van der Waals surface area contributed by atoms with Gasteiger partial charge >= 0.3 is 12.1 Å². The van der Waals surface area contributed by atoms with E-state index in [0.29, 0.717) is 0 Å². The van der Waals surface area contributed by atoms with Crippen LogP contribution in [0.4, 0.5) is 4.79 Å². The van der Waals surface area contributed by atoms with Crippen LogP contribution in [0.25, 0.3) is 0 Å². The first-order valence-electron chi connectivity index (χ1n) is 6.82. The molecule has 1 amide bonds. The fraction of sp³-hybridized carbons (Fsp3) is 0.714. The van der Waals surface area contributed by atoms with Crippen molar-refractivity contribution in [3.8, 4) is 0 Å². The maximum Gasteiger partial charge on any atom is 0.407 e. The van der Waals surface area contributed by atoms with E-state index in [0.717, 1.165) is 38.5 Å². The van der Waals surface area contributed by atoms with E-state index in [2.05, 4.69) is 11.9 Å². The van der Waals surface area contributed by atoms with Crippen LogP contribution in [-0.4, -0.2) is 29.8 Å². The molecule has 2 rings (SSSR count). The lowest BCUT2D eigenvalue weighted by Gasteiger charge is -2.51. The fourth-order valence-corrected chi connectivity index (χ4v) is 3.32. The van der Waals surface area contributed by atoms with E-state index < -0.39 is 5.97 Å². The van der Waals surface area contributed by atoms with Gasteiger partial charge in [0.15, 0.2) is 0 Å². The average Bonchev–Trinajstić information content (AvgIpc) is 2.35. The second kappa shape index (κ2) is 5.63. The molecule has 5 nitrogen and oxygen atoms in total. The highest BCUT2D eigenvalue weighted by atomic mass is 16.5. The van der Waals surface area contributed by atoms with Gasteiger partial charge in [-0.25, -0.2) is 4.79 Å². The number of carbonyl (C=O) groups is 2. The summed E-state index contributed by atoms with van der Waals surface area (Å²) >= 11 is 0. The summed E-state index contributed by atoms with van der Waals surface area (Å²) in [6.07, 6.45) is 6.50. The summed E-state index contributed by atoms with van der Waals surface area (Å²) in [7, 11) is 0. The summed E-state index contributed by atoms with van der Waals surface area (Å²) < 4.78 is 4.88. The zero-order valence-electron chi connectivity index (χ0n) is 11.1. The van der Waals surface area contributed by atoms with Gasteiger partial charge in [-0.1, -0.05) is 12.7 Å². The molecule has 1 spiro atoms. The van der Waals surface area contributed by atoms with Crippen molar-refractivity contribution in [2.24, 2.45) is 11.3 Å². The van der Waals surface area contributed by atoms with Crippen molar-refractivity contribution >= 4 is 12.1 Å². The Morgan fingerprint density at radius 1 is 1.37 bits per heavy atom. The molecule has 2 aliphatic carbocycles. The minimum atomic E-state index is -0.670. The molecule has 0 aliphatic heterocycles. The molecule has 0 aromatic heterocycles. The molecular formula is C14H21NO4. The summed E-state index contributed by atoms with van der Waals surface area (Å²) in [5.74, 6) is -0.841. The van der Waals surface area contributed by atoms with Gasteiger partial charge in [0.1, 0.15) is 6.61 Å². The van der Waals surface area contributed by atoms with Crippen LogP contribution in [-0.2, 0) is 9.53 Å². The zero-order chi connectivity index (χ0) is 13.9. The maximum atomic E-state index is 11.4. The SMILES string of the molecule is C=CCOC(=O)NC1CC2(CCC(C(=O)O)CC2)C1. The average molecular weight is 267 g/mol. The van der Waals surface area contributed by atoms with Crippen molar-refractivity contribution in [2.75, 3.05) is 6.61 Å². The van der Waals surface area contributed by atoms with Crippen LogP contribution in [0.3, 0.4) is 0 Å². The predicted octanol–water partition coefficient (Wildman–Crippen LogP) is 2.32. The van der Waals surface area contributed by atoms with Gasteiger partial charge in [-0.15, -0.1) is 0 Å². The van der Waals surface area contributed by atoms with Gasteiger partial charge in [-0.3, -0.25) is 4.79 Å². The number of alkyl carbamates (subject to hydrolysis) is 1. The third kappa shape index (κ3) is 3.28. The molecule has 0 unspecified atom stereocenters. The van der Waals surface area contributed by atoms with E-state index in [1.807, 2.05) is 0 Å². The highest BCUT2D eigenvalue weighted by Gasteiger charge is 2.47. The first-order valence-corrected chi connectivity index (χ1v) is 6.82. The number of nitrogens with one attached hydrogen (secondary N) is 1. The van der Waals surface area contributed by atoms with E-state index in [1.165, 1.54) is 6.08 Å². The summed E-state index contributed by atoms with van der Waals surface area (Å²) in [5, 5.41) is 11.8. The van der Waals surface area contributed by atoms with E-state index in [1.54, 1.807) is 0 Å². The molecule has 0 atom stereocenters. The lowest BCUT2D eigenvalue weighted by molar-refractivity contribution is -0.144. The quantitative estimate of drug-likeness (QED) is 0.766. The fourth-order valence-electron chi connectivity index (χ4n) is 3.32. The molecular weight excluding hydrogens is 246 g/mol. The first kappa shape index (κ1) is 13.9. The van der Waals surface area contributed by atoms with Crippen molar-refractivity contribution in [2.45, 2.75) is 44.6 Å². The summed E-state index contributed by atoms with van der Waals surface area (Å²) in [6.45, 7) is 3.71. The van der Waals surface area contributed by atoms with Gasteiger partial charge < -0.3 is 15.2 Å². The van der Waals surface area contributed by atoms with Crippen LogP contribution >= 0.6 is 0 Å². The van der Waals surface area contributed by atoms with E-state index in [-0.39, 0.29) is 30.1 Å². The normalized spacial score (nSPS) is 33.3. The molecule has 0 heterocycles. The van der Waals surface area contributed by atoms with E-state index in [9.17, 15) is 9.59 Å². The molecule has 2 saturated carbocycles. The molecule has 19 heavy (non-hydrogen) atoms. The number of carbonyl (C=O) groups excluding carboxylic acids is 1. The summed E-state index contributed by atoms with van der Waals surface area (Å²) in [4.78, 5) is 22.3. The minimum absolute atomic E-state index is 0.171. The topological polar surface area (TPSA) is 75.6 Å². The van der Waals surface area contributed by atoms with E-state index in [4.69, 9.17) is 9.84 Å². The standard InChI is InChI=1S/C14H21NO4/c1-2-7-19-13(18)15-11-8-14(9-11)5-3-10(4-6-14)12(16)17/h2,10-11H,1,3-9H2,(H,15,18)(H,16,17). The Morgan fingerprint density at radius 3 is 2.53 bits per heavy atom. The Kier molecular flexibility index (Phi) is 4.12. The zero-order valence-corrected chi connectivity index (χ0v) is 11.1. The number of amides is 1. The first-order chi connectivity index (χ1) is 9.04. The van der Waals surface area contributed by atoms with Gasteiger partial charge in [0.25, 0.3) is 0 Å². The molecule has 0 saturated heterocycles. The van der Waals surface area contributed by atoms with Crippen LogP contribution in [0.5, 0.6) is 0 Å². The Morgan fingerprint density at radius 2 is 2.00 bits per heavy atom. The Hall–Kier alpha value is -1.52. The van der Waals surface area contributed by atoms with Crippen molar-refractivity contribution < 1.29 is 19.4 Å². The van der Waals surface area contributed by atoms with Crippen LogP contribution in [0.1, 0.15) is 38.5 Å².